The van der Waals surface area contributed by atoms with E-state index in [9.17, 15) is 31.2 Å². The highest BCUT2D eigenvalue weighted by Crippen LogP contribution is 2.45. The van der Waals surface area contributed by atoms with Gasteiger partial charge in [-0.05, 0) is 33.3 Å². The Morgan fingerprint density at radius 2 is 1.79 bits per heavy atom. The van der Waals surface area contributed by atoms with Crippen LogP contribution in [0.3, 0.4) is 0 Å². The van der Waals surface area contributed by atoms with Crippen molar-refractivity contribution in [2.75, 3.05) is 33.0 Å². The number of fused-ring (bicyclic) bond motifs is 1. The molecule has 1 aromatic heterocycles. The molecule has 2 heterocycles. The van der Waals surface area contributed by atoms with Gasteiger partial charge in [0.25, 0.3) is 0 Å². The van der Waals surface area contributed by atoms with Gasteiger partial charge >= 0.3 is 18.2 Å². The summed E-state index contributed by atoms with van der Waals surface area (Å²) in [6.07, 6.45) is -1.81. The summed E-state index contributed by atoms with van der Waals surface area (Å²) in [5.74, 6) is -0.874. The molecular formula is C18H26N2O11S3. The first-order valence-corrected chi connectivity index (χ1v) is 14.0. The Balaban J connectivity index is 2.04. The molecule has 0 aromatic carbocycles. The van der Waals surface area contributed by atoms with Crippen LogP contribution in [-0.4, -0.2) is 78.2 Å². The van der Waals surface area contributed by atoms with Gasteiger partial charge in [-0.2, -0.15) is 0 Å². The Morgan fingerprint density at radius 3 is 2.38 bits per heavy atom. The maximum absolute atomic E-state index is 12.7. The van der Waals surface area contributed by atoms with Crippen molar-refractivity contribution in [3.05, 3.63) is 11.6 Å². The Bertz CT molecular complexity index is 1130. The van der Waals surface area contributed by atoms with E-state index >= 15 is 0 Å². The number of thiophene rings is 1. The van der Waals surface area contributed by atoms with Gasteiger partial charge in [0.15, 0.2) is 16.4 Å². The van der Waals surface area contributed by atoms with Crippen LogP contribution >= 0.6 is 11.3 Å². The van der Waals surface area contributed by atoms with Gasteiger partial charge < -0.3 is 23.8 Å². The van der Waals surface area contributed by atoms with Crippen LogP contribution in [0.2, 0.25) is 0 Å². The van der Waals surface area contributed by atoms with E-state index in [1.807, 2.05) is 0 Å². The van der Waals surface area contributed by atoms with Crippen LogP contribution in [-0.2, 0) is 43.6 Å². The maximum atomic E-state index is 12.7. The molecule has 2 rings (SSSR count). The van der Waals surface area contributed by atoms with E-state index < -0.39 is 56.0 Å². The molecule has 1 amide bonds. The van der Waals surface area contributed by atoms with Gasteiger partial charge in [0.1, 0.15) is 21.6 Å². The lowest BCUT2D eigenvalue weighted by Crippen LogP contribution is -2.40. The van der Waals surface area contributed by atoms with Crippen molar-refractivity contribution < 1.29 is 50.2 Å². The number of carbonyl (C=O) groups is 3. The highest BCUT2D eigenvalue weighted by Gasteiger charge is 2.42. The van der Waals surface area contributed by atoms with Gasteiger partial charge in [0, 0.05) is 12.1 Å². The molecule has 1 aromatic rings. The number of amides is 1. The molecule has 0 unspecified atom stereocenters. The van der Waals surface area contributed by atoms with Gasteiger partial charge in [-0.3, -0.25) is 0 Å². The summed E-state index contributed by atoms with van der Waals surface area (Å²) in [6.45, 7) is 3.59. The average Bonchev–Trinajstić information content (AvgIpc) is 3.21. The number of esters is 1. The fourth-order valence-electron chi connectivity index (χ4n) is 3.17. The summed E-state index contributed by atoms with van der Waals surface area (Å²) >= 11 is 0.549. The van der Waals surface area contributed by atoms with Crippen molar-refractivity contribution >= 4 is 49.4 Å². The van der Waals surface area contributed by atoms with Crippen molar-refractivity contribution in [3.63, 3.8) is 0 Å². The number of hydrogen-bond acceptors (Lipinski definition) is 12. The van der Waals surface area contributed by atoms with Crippen LogP contribution < -0.4 is 5.14 Å². The quantitative estimate of drug-likeness (QED) is 0.268. The molecular weight excluding hydrogens is 516 g/mol. The van der Waals surface area contributed by atoms with Gasteiger partial charge in [-0.25, -0.2) is 36.4 Å². The smallest absolute Gasteiger partial charge is 0.460 e. The van der Waals surface area contributed by atoms with Crippen molar-refractivity contribution in [2.45, 2.75) is 46.9 Å². The number of primary sulfonamides is 1. The van der Waals surface area contributed by atoms with Crippen LogP contribution in [0, 0.1) is 0 Å². The molecule has 16 heteroatoms. The number of nitrogens with zero attached hydrogens (tertiary/aromatic N) is 1. The lowest BCUT2D eigenvalue weighted by molar-refractivity contribution is -0.148. The Kier molecular flexibility index (Phi) is 9.27. The number of rotatable bonds is 9. The normalized spacial score (nSPS) is 18.9. The van der Waals surface area contributed by atoms with E-state index in [1.54, 1.807) is 13.8 Å². The first-order chi connectivity index (χ1) is 15.8. The molecule has 0 saturated carbocycles. The highest BCUT2D eigenvalue weighted by molar-refractivity contribution is 7.95. The number of hydrogen-bond donors (Lipinski definition) is 1. The zero-order chi connectivity index (χ0) is 25.7. The minimum absolute atomic E-state index is 0.0270. The Hall–Kier alpha value is -2.43. The van der Waals surface area contributed by atoms with Crippen LogP contribution in [0.25, 0.3) is 0 Å². The van der Waals surface area contributed by atoms with E-state index in [0.29, 0.717) is 11.3 Å². The Labute approximate surface area is 201 Å². The zero-order valence-corrected chi connectivity index (χ0v) is 21.2. The molecule has 2 N–H and O–H groups in total. The summed E-state index contributed by atoms with van der Waals surface area (Å²) in [5.41, 5.74) is 0.161. The summed E-state index contributed by atoms with van der Waals surface area (Å²) in [7, 11) is -7.94. The molecule has 0 radical (unpaired) electrons. The SMILES string of the molecule is CCOC(=O)OCC(=O)OCCOC(=O)N(CC)[C@H]1C[C@H](C)S(=O)(=O)c2sc(S(N)(=O)=O)cc21. The number of ether oxygens (including phenoxy) is 4. The van der Waals surface area contributed by atoms with Crippen molar-refractivity contribution in [3.8, 4) is 0 Å². The van der Waals surface area contributed by atoms with Crippen molar-refractivity contribution in [1.82, 2.24) is 4.90 Å². The second kappa shape index (κ2) is 11.3. The second-order valence-corrected chi connectivity index (χ2v) is 12.5. The maximum Gasteiger partial charge on any atom is 0.508 e. The Morgan fingerprint density at radius 1 is 1.15 bits per heavy atom. The van der Waals surface area contributed by atoms with E-state index in [1.165, 1.54) is 17.9 Å². The van der Waals surface area contributed by atoms with Gasteiger partial charge in [0.2, 0.25) is 10.0 Å². The van der Waals surface area contributed by atoms with Crippen LogP contribution in [0.1, 0.15) is 38.8 Å². The average molecular weight is 543 g/mol. The molecule has 0 fully saturated rings. The fraction of sp³-hybridized carbons (Fsp3) is 0.611. The molecule has 0 spiro atoms. The molecule has 0 bridgehead atoms. The monoisotopic (exact) mass is 542 g/mol. The summed E-state index contributed by atoms with van der Waals surface area (Å²) in [5, 5.41) is 4.30. The predicted octanol–water partition coefficient (Wildman–Crippen LogP) is 1.18. The van der Waals surface area contributed by atoms with Crippen molar-refractivity contribution in [2.24, 2.45) is 5.14 Å². The van der Waals surface area contributed by atoms with E-state index in [0.717, 1.165) is 0 Å². The minimum atomic E-state index is -4.15. The third-order valence-corrected chi connectivity index (χ3v) is 10.1. The zero-order valence-electron chi connectivity index (χ0n) is 18.7. The number of sulfonamides is 1. The highest BCUT2D eigenvalue weighted by atomic mass is 32.3. The van der Waals surface area contributed by atoms with Gasteiger partial charge in [-0.1, -0.05) is 0 Å². The van der Waals surface area contributed by atoms with Gasteiger partial charge in [-0.15, -0.1) is 11.3 Å². The molecule has 0 saturated heterocycles. The molecule has 192 valence electrons. The summed E-state index contributed by atoms with van der Waals surface area (Å²) in [4.78, 5) is 36.5. The third-order valence-electron chi connectivity index (χ3n) is 4.78. The summed E-state index contributed by atoms with van der Waals surface area (Å²) in [6, 6.07) is 0.406. The molecule has 0 aliphatic carbocycles. The molecule has 13 nitrogen and oxygen atoms in total. The fourth-order valence-corrected chi connectivity index (χ4v) is 7.57. The minimum Gasteiger partial charge on any atom is -0.460 e. The van der Waals surface area contributed by atoms with E-state index in [4.69, 9.17) is 14.6 Å². The van der Waals surface area contributed by atoms with Crippen LogP contribution in [0.15, 0.2) is 14.5 Å². The predicted molar refractivity (Wildman–Crippen MR) is 117 cm³/mol. The van der Waals surface area contributed by atoms with E-state index in [2.05, 4.69) is 9.47 Å². The number of carbonyl (C=O) groups excluding carboxylic acids is 3. The third kappa shape index (κ3) is 6.58. The largest absolute Gasteiger partial charge is 0.508 e. The lowest BCUT2D eigenvalue weighted by Gasteiger charge is -2.35. The first kappa shape index (κ1) is 27.8. The van der Waals surface area contributed by atoms with Crippen LogP contribution in [0.5, 0.6) is 0 Å². The van der Waals surface area contributed by atoms with Crippen LogP contribution in [0.4, 0.5) is 9.59 Å². The summed E-state index contributed by atoms with van der Waals surface area (Å²) < 4.78 is 67.5. The number of nitrogens with two attached hydrogens (primary N) is 1. The van der Waals surface area contributed by atoms with E-state index in [-0.39, 0.29) is 46.8 Å². The molecule has 1 aliphatic heterocycles. The molecule has 1 aliphatic rings. The second-order valence-electron chi connectivity index (χ2n) is 7.05. The molecule has 2 atom stereocenters. The molecule has 34 heavy (non-hydrogen) atoms. The standard InChI is InChI=1S/C18H26N2O11S3/c1-4-20(17(22)30-7-6-29-14(21)10-31-18(23)28-5-2)13-8-11(3)33(24,25)16-12(13)9-15(32-16)34(19,26)27/h9,11,13H,4-8,10H2,1-3H3,(H2,19,26,27)/t11-,13-/m0/s1. The number of sulfone groups is 1. The van der Waals surface area contributed by atoms with Crippen molar-refractivity contribution in [1.29, 1.82) is 0 Å². The lowest BCUT2D eigenvalue weighted by atomic mass is 10.0. The topological polar surface area (TPSA) is 186 Å². The first-order valence-electron chi connectivity index (χ1n) is 10.1. The van der Waals surface area contributed by atoms with Gasteiger partial charge in [0.05, 0.1) is 17.9 Å².